The van der Waals surface area contributed by atoms with Crippen LogP contribution in [-0.2, 0) is 0 Å². The number of aromatic hydroxyl groups is 1. The Morgan fingerprint density at radius 3 is 2.33 bits per heavy atom. The van der Waals surface area contributed by atoms with Crippen molar-refractivity contribution in [3.63, 3.8) is 0 Å². The summed E-state index contributed by atoms with van der Waals surface area (Å²) in [5, 5.41) is 12.5. The van der Waals surface area contributed by atoms with Crippen molar-refractivity contribution < 1.29 is 9.90 Å². The van der Waals surface area contributed by atoms with Gasteiger partial charge in [-0.3, -0.25) is 10.6 Å². The van der Waals surface area contributed by atoms with Gasteiger partial charge in [-0.2, -0.15) is 0 Å². The largest absolute Gasteiger partial charge is 0.507 e. The van der Waals surface area contributed by atoms with Gasteiger partial charge < -0.3 is 21.1 Å². The number of nitrogens with two attached hydrogens (primary N) is 2. The number of hydrogen-bond acceptors (Lipinski definition) is 7. The number of phenols is 1. The third-order valence-electron chi connectivity index (χ3n) is 5.32. The first-order valence-electron chi connectivity index (χ1n) is 11.1. The van der Waals surface area contributed by atoms with Crippen LogP contribution in [0, 0.1) is 0 Å². The maximum atomic E-state index is 10.7. The fourth-order valence-corrected chi connectivity index (χ4v) is 3.52. The van der Waals surface area contributed by atoms with E-state index in [1.54, 1.807) is 12.1 Å². The predicted octanol–water partition coefficient (Wildman–Crippen LogP) is 4.26. The van der Waals surface area contributed by atoms with Crippen LogP contribution in [-0.4, -0.2) is 31.5 Å². The van der Waals surface area contributed by atoms with Gasteiger partial charge in [0.1, 0.15) is 5.75 Å². The highest BCUT2D eigenvalue weighted by Crippen LogP contribution is 2.27. The van der Waals surface area contributed by atoms with Crippen LogP contribution in [0.1, 0.15) is 42.4 Å². The molecule has 3 aromatic rings. The molecule has 0 aliphatic heterocycles. The lowest BCUT2D eigenvalue weighted by atomic mass is 10.0. The highest BCUT2D eigenvalue weighted by atomic mass is 16.3. The summed E-state index contributed by atoms with van der Waals surface area (Å²) in [4.78, 5) is 12.8. The average molecular weight is 450 g/mol. The number of aldehydes is 1. The number of benzene rings is 3. The fraction of sp³-hybridized carbons (Fsp3) is 0.269. The molecule has 0 radical (unpaired) electrons. The van der Waals surface area contributed by atoms with Gasteiger partial charge in [0.25, 0.3) is 0 Å². The molecule has 0 heterocycles. The highest BCUT2D eigenvalue weighted by Gasteiger charge is 2.10. The summed E-state index contributed by atoms with van der Waals surface area (Å²) in [5.74, 6) is 5.42. The predicted molar refractivity (Wildman–Crippen MR) is 137 cm³/mol. The summed E-state index contributed by atoms with van der Waals surface area (Å²) in [7, 11) is 1.87. The number of nitrogens with zero attached hydrogens (tertiary/aromatic N) is 1. The van der Waals surface area contributed by atoms with Crippen LogP contribution in [0.15, 0.2) is 66.7 Å². The first-order chi connectivity index (χ1) is 16.0. The first-order valence-corrected chi connectivity index (χ1v) is 11.1. The monoisotopic (exact) mass is 449 g/mol. The van der Waals surface area contributed by atoms with Gasteiger partial charge in [0.2, 0.25) is 0 Å². The molecular formula is C26H35N5O2. The van der Waals surface area contributed by atoms with Crippen molar-refractivity contribution in [3.05, 3.63) is 77.9 Å². The summed E-state index contributed by atoms with van der Waals surface area (Å²) in [6.07, 6.45) is 1.36. The van der Waals surface area contributed by atoms with Gasteiger partial charge in [-0.15, -0.1) is 0 Å². The number of hydrogen-bond donors (Lipinski definition) is 5. The third-order valence-corrected chi connectivity index (χ3v) is 5.32. The van der Waals surface area contributed by atoms with Crippen LogP contribution in [0.25, 0.3) is 11.1 Å². The van der Waals surface area contributed by atoms with E-state index in [0.29, 0.717) is 11.8 Å². The number of phenolic OH excluding ortho intramolecular Hbond substituents is 1. The van der Waals surface area contributed by atoms with Crippen molar-refractivity contribution in [3.8, 4) is 16.9 Å². The Morgan fingerprint density at radius 1 is 1.03 bits per heavy atom. The van der Waals surface area contributed by atoms with Crippen LogP contribution in [0.3, 0.4) is 0 Å². The van der Waals surface area contributed by atoms with Crippen molar-refractivity contribution in [2.75, 3.05) is 30.4 Å². The van der Waals surface area contributed by atoms with E-state index in [4.69, 9.17) is 11.6 Å². The molecule has 33 heavy (non-hydrogen) atoms. The molecular weight excluding hydrogens is 414 g/mol. The van der Waals surface area contributed by atoms with Gasteiger partial charge in [0.15, 0.2) is 6.29 Å². The molecule has 3 aromatic carbocycles. The minimum atomic E-state index is -0.378. The van der Waals surface area contributed by atoms with Crippen molar-refractivity contribution in [2.45, 2.75) is 26.4 Å². The Bertz CT molecular complexity index is 1010. The number of carbonyl (C=O) groups excluding carboxylic acids is 1. The fourth-order valence-electron chi connectivity index (χ4n) is 3.52. The maximum absolute atomic E-state index is 10.7. The summed E-state index contributed by atoms with van der Waals surface area (Å²) < 4.78 is 0. The number of hydrazine groups is 1. The minimum absolute atomic E-state index is 0.0429. The molecule has 1 atom stereocenters. The zero-order valence-electron chi connectivity index (χ0n) is 19.6. The van der Waals surface area contributed by atoms with Crippen LogP contribution >= 0.6 is 0 Å². The molecule has 0 amide bonds. The Hall–Kier alpha value is -3.39. The molecule has 7 nitrogen and oxygen atoms in total. The van der Waals surface area contributed by atoms with Crippen molar-refractivity contribution >= 4 is 17.7 Å². The summed E-state index contributed by atoms with van der Waals surface area (Å²) in [5.41, 5.74) is 14.0. The second kappa shape index (κ2) is 13.2. The van der Waals surface area contributed by atoms with E-state index in [1.165, 1.54) is 5.56 Å². The summed E-state index contributed by atoms with van der Waals surface area (Å²) in [6.45, 7) is 6.04. The molecule has 1 unspecified atom stereocenters. The van der Waals surface area contributed by atoms with E-state index in [0.717, 1.165) is 42.0 Å². The van der Waals surface area contributed by atoms with E-state index in [-0.39, 0.29) is 11.9 Å². The smallest absolute Gasteiger partial charge is 0.153 e. The number of nitrogens with one attached hydrogen (secondary N) is 2. The summed E-state index contributed by atoms with van der Waals surface area (Å²) >= 11 is 0. The van der Waals surface area contributed by atoms with Gasteiger partial charge >= 0.3 is 0 Å². The van der Waals surface area contributed by atoms with E-state index < -0.39 is 0 Å². The minimum Gasteiger partial charge on any atom is -0.507 e. The Kier molecular flexibility index (Phi) is 10.4. The molecule has 0 aromatic heterocycles. The van der Waals surface area contributed by atoms with E-state index in [2.05, 4.69) is 47.7 Å². The molecule has 0 aliphatic rings. The first kappa shape index (κ1) is 25.9. The van der Waals surface area contributed by atoms with Crippen LogP contribution in [0.4, 0.5) is 11.4 Å². The lowest BCUT2D eigenvalue weighted by molar-refractivity contribution is 0.112. The van der Waals surface area contributed by atoms with Gasteiger partial charge in [-0.25, -0.2) is 5.43 Å². The van der Waals surface area contributed by atoms with Gasteiger partial charge in [0, 0.05) is 37.1 Å². The number of anilines is 2. The van der Waals surface area contributed by atoms with Gasteiger partial charge in [0.05, 0.1) is 11.7 Å². The Morgan fingerprint density at radius 2 is 1.76 bits per heavy atom. The molecule has 176 valence electrons. The lowest BCUT2D eigenvalue weighted by Crippen LogP contribution is -2.34. The van der Waals surface area contributed by atoms with Crippen molar-refractivity contribution in [1.82, 2.24) is 5.43 Å². The molecule has 7 heteroatoms. The quantitative estimate of drug-likeness (QED) is 0.143. The lowest BCUT2D eigenvalue weighted by Gasteiger charge is -2.22. The summed E-state index contributed by atoms with van der Waals surface area (Å²) in [6, 6.07) is 21.4. The van der Waals surface area contributed by atoms with E-state index in [1.807, 2.05) is 43.4 Å². The Labute approximate surface area is 196 Å². The molecule has 0 saturated carbocycles. The molecule has 0 bridgehead atoms. The van der Waals surface area contributed by atoms with Crippen LogP contribution in [0.2, 0.25) is 0 Å². The second-order valence-corrected chi connectivity index (χ2v) is 7.50. The standard InChI is InChI=1S/C14H18N4.C12H17NO2/c1-17-13-9-11(10-5-3-2-4-6-10)7-8-12(13)14(15)18-16;1-3-7-13(4-2)11-5-6-12(15)10(8-11)9-14/h2-9,14,17-18H,15-16H2,1H3;5-6,8-9,15H,3-4,7H2,1-2H3. The SMILES string of the molecule is CCCN(CC)c1ccc(O)c(C=O)c1.CNc1cc(-c2ccccc2)ccc1C(N)NN. The molecule has 7 N–H and O–H groups in total. The molecule has 0 fully saturated rings. The van der Waals surface area contributed by atoms with Crippen LogP contribution in [0.5, 0.6) is 5.75 Å². The molecule has 0 spiro atoms. The average Bonchev–Trinajstić information content (AvgIpc) is 2.87. The zero-order valence-corrected chi connectivity index (χ0v) is 19.6. The normalized spacial score (nSPS) is 11.2. The molecule has 0 aliphatic carbocycles. The molecule has 0 saturated heterocycles. The zero-order chi connectivity index (χ0) is 24.2. The van der Waals surface area contributed by atoms with E-state index >= 15 is 0 Å². The highest BCUT2D eigenvalue weighted by molar-refractivity contribution is 5.81. The number of rotatable bonds is 9. The van der Waals surface area contributed by atoms with E-state index in [9.17, 15) is 9.90 Å². The van der Waals surface area contributed by atoms with Crippen LogP contribution < -0.4 is 27.2 Å². The third kappa shape index (κ3) is 7.05. The Balaban J connectivity index is 0.000000238. The van der Waals surface area contributed by atoms with Gasteiger partial charge in [-0.1, -0.05) is 49.4 Å². The van der Waals surface area contributed by atoms with Crippen molar-refractivity contribution in [1.29, 1.82) is 0 Å². The van der Waals surface area contributed by atoms with Crippen molar-refractivity contribution in [2.24, 2.45) is 11.6 Å². The topological polar surface area (TPSA) is 117 Å². The second-order valence-electron chi connectivity index (χ2n) is 7.50. The van der Waals surface area contributed by atoms with Gasteiger partial charge in [-0.05, 0) is 48.7 Å². The number of carbonyl (C=O) groups is 1. The maximum Gasteiger partial charge on any atom is 0.153 e. The molecule has 3 rings (SSSR count).